The van der Waals surface area contributed by atoms with E-state index in [-0.39, 0.29) is 33.5 Å². The smallest absolute Gasteiger partial charge is 0.404 e. The Hall–Kier alpha value is -3.69. The zero-order valence-electron chi connectivity index (χ0n) is 19.8. The highest BCUT2D eigenvalue weighted by atomic mass is 32.1. The van der Waals surface area contributed by atoms with Crippen molar-refractivity contribution in [3.63, 3.8) is 0 Å². The zero-order chi connectivity index (χ0) is 27.4. The molecule has 2 aromatic carbocycles. The molecule has 0 saturated carbocycles. The summed E-state index contributed by atoms with van der Waals surface area (Å²) in [5, 5.41) is 12.2. The highest BCUT2D eigenvalue weighted by Crippen LogP contribution is 2.33. The van der Waals surface area contributed by atoms with Gasteiger partial charge in [0.15, 0.2) is 10.8 Å². The van der Waals surface area contributed by atoms with Crippen LogP contribution in [0, 0.1) is 11.6 Å². The summed E-state index contributed by atoms with van der Waals surface area (Å²) in [6.45, 7) is 2.65. The third-order valence-electron chi connectivity index (χ3n) is 5.51. The Morgan fingerprint density at radius 2 is 1.76 bits per heavy atom. The van der Waals surface area contributed by atoms with E-state index >= 15 is 0 Å². The predicted molar refractivity (Wildman–Crippen MR) is 129 cm³/mol. The van der Waals surface area contributed by atoms with Crippen LogP contribution in [0.3, 0.4) is 0 Å². The van der Waals surface area contributed by atoms with Gasteiger partial charge >= 0.3 is 6.36 Å². The lowest BCUT2D eigenvalue weighted by atomic mass is 10.1. The molecule has 0 atom stereocenters. The van der Waals surface area contributed by atoms with Crippen molar-refractivity contribution in [1.82, 2.24) is 20.0 Å². The van der Waals surface area contributed by atoms with Crippen molar-refractivity contribution in [3.8, 4) is 16.3 Å². The van der Waals surface area contributed by atoms with Gasteiger partial charge in [-0.25, -0.2) is 8.78 Å². The molecule has 1 aliphatic heterocycles. The molecule has 2 heterocycles. The first-order chi connectivity index (χ1) is 18.0. The number of piperazine rings is 1. The SMILES string of the molecule is CN1CCN(CC(=O)Nc2cc(C(=O)Nc3nnc(-c4cc(F)ccc4F)s3)ccc2OC(F)(F)F)CC1. The van der Waals surface area contributed by atoms with E-state index in [4.69, 9.17) is 0 Å². The number of halogens is 5. The fraction of sp³-hybridized carbons (Fsp3) is 0.304. The molecule has 0 unspecified atom stereocenters. The van der Waals surface area contributed by atoms with Crippen molar-refractivity contribution in [2.24, 2.45) is 0 Å². The number of likely N-dealkylation sites (N-methyl/N-ethyl adjacent to an activating group) is 1. The second kappa shape index (κ2) is 11.4. The monoisotopic (exact) mass is 556 g/mol. The third-order valence-corrected chi connectivity index (χ3v) is 6.38. The highest BCUT2D eigenvalue weighted by molar-refractivity contribution is 7.18. The van der Waals surface area contributed by atoms with E-state index in [1.54, 1.807) is 0 Å². The largest absolute Gasteiger partial charge is 0.573 e. The van der Waals surface area contributed by atoms with E-state index in [0.29, 0.717) is 13.1 Å². The van der Waals surface area contributed by atoms with Gasteiger partial charge in [0, 0.05) is 31.7 Å². The molecule has 0 spiro atoms. The zero-order valence-corrected chi connectivity index (χ0v) is 20.6. The number of benzene rings is 2. The van der Waals surface area contributed by atoms with E-state index in [1.807, 2.05) is 11.9 Å². The van der Waals surface area contributed by atoms with Crippen molar-refractivity contribution in [2.75, 3.05) is 50.4 Å². The number of amides is 2. The minimum absolute atomic E-state index is 0.00286. The van der Waals surface area contributed by atoms with Gasteiger partial charge in [-0.2, -0.15) is 0 Å². The summed E-state index contributed by atoms with van der Waals surface area (Å²) >= 11 is 0.764. The normalized spacial score (nSPS) is 14.8. The van der Waals surface area contributed by atoms with Crippen LogP contribution in [-0.4, -0.2) is 77.9 Å². The molecule has 0 bridgehead atoms. The molecule has 9 nitrogen and oxygen atoms in total. The molecule has 2 N–H and O–H groups in total. The van der Waals surface area contributed by atoms with Crippen molar-refractivity contribution in [1.29, 1.82) is 0 Å². The number of anilines is 2. The summed E-state index contributed by atoms with van der Waals surface area (Å²) in [7, 11) is 1.94. The van der Waals surface area contributed by atoms with Gasteiger partial charge in [-0.05, 0) is 43.4 Å². The molecule has 202 valence electrons. The van der Waals surface area contributed by atoms with Crippen molar-refractivity contribution >= 4 is 34.0 Å². The summed E-state index contributed by atoms with van der Waals surface area (Å²) in [4.78, 5) is 29.3. The fourth-order valence-corrected chi connectivity index (χ4v) is 4.35. The summed E-state index contributed by atoms with van der Waals surface area (Å²) in [5.41, 5.74) is -0.626. The van der Waals surface area contributed by atoms with E-state index in [0.717, 1.165) is 60.8 Å². The van der Waals surface area contributed by atoms with E-state index < -0.39 is 35.6 Å². The minimum Gasteiger partial charge on any atom is -0.404 e. The van der Waals surface area contributed by atoms with Crippen LogP contribution in [0.4, 0.5) is 32.8 Å². The minimum atomic E-state index is -5.03. The maximum absolute atomic E-state index is 14.0. The number of aromatic nitrogens is 2. The maximum Gasteiger partial charge on any atom is 0.573 e. The van der Waals surface area contributed by atoms with Crippen molar-refractivity contribution < 1.29 is 36.3 Å². The first-order valence-corrected chi connectivity index (χ1v) is 12.0. The van der Waals surface area contributed by atoms with Gasteiger partial charge in [-0.15, -0.1) is 23.4 Å². The van der Waals surface area contributed by atoms with Crippen molar-refractivity contribution in [3.05, 3.63) is 53.6 Å². The molecular weight excluding hydrogens is 535 g/mol. The lowest BCUT2D eigenvalue weighted by Gasteiger charge is -2.31. The quantitative estimate of drug-likeness (QED) is 0.427. The number of carbonyl (C=O) groups is 2. The molecule has 1 aliphatic rings. The fourth-order valence-electron chi connectivity index (χ4n) is 3.59. The average Bonchev–Trinajstić information content (AvgIpc) is 3.30. The van der Waals surface area contributed by atoms with Crippen LogP contribution in [0.25, 0.3) is 10.6 Å². The lowest BCUT2D eigenvalue weighted by Crippen LogP contribution is -2.47. The van der Waals surface area contributed by atoms with Crippen LogP contribution >= 0.6 is 11.3 Å². The number of rotatable bonds is 7. The summed E-state index contributed by atoms with van der Waals surface area (Å²) in [6, 6.07) is 5.80. The van der Waals surface area contributed by atoms with Gasteiger partial charge in [0.05, 0.1) is 17.8 Å². The van der Waals surface area contributed by atoms with Crippen LogP contribution in [0.5, 0.6) is 5.75 Å². The summed E-state index contributed by atoms with van der Waals surface area (Å²) in [5.74, 6) is -3.49. The third kappa shape index (κ3) is 7.20. The summed E-state index contributed by atoms with van der Waals surface area (Å²) in [6.07, 6.45) is -5.03. The number of nitrogens with zero attached hydrogens (tertiary/aromatic N) is 4. The number of carbonyl (C=O) groups excluding carboxylic acids is 2. The molecular formula is C23H21F5N6O3S. The standard InChI is InChI=1S/C23H21F5N6O3S/c1-33-6-8-34(9-7-33)12-19(35)29-17-10-13(2-5-18(17)37-23(26,27)28)20(36)30-22-32-31-21(38-22)15-11-14(24)3-4-16(15)25/h2-5,10-11H,6-9,12H2,1H3,(H,29,35)(H,30,32,36). The second-order valence-electron chi connectivity index (χ2n) is 8.38. The highest BCUT2D eigenvalue weighted by Gasteiger charge is 2.33. The first kappa shape index (κ1) is 27.3. The molecule has 0 radical (unpaired) electrons. The molecule has 1 aromatic heterocycles. The van der Waals surface area contributed by atoms with Gasteiger partial charge in [0.25, 0.3) is 5.91 Å². The van der Waals surface area contributed by atoms with Gasteiger partial charge in [0.1, 0.15) is 11.6 Å². The second-order valence-corrected chi connectivity index (χ2v) is 9.35. The Bertz CT molecular complexity index is 1330. The summed E-state index contributed by atoms with van der Waals surface area (Å²) < 4.78 is 70.3. The Morgan fingerprint density at radius 3 is 2.47 bits per heavy atom. The Morgan fingerprint density at radius 1 is 1.03 bits per heavy atom. The number of hydrogen-bond acceptors (Lipinski definition) is 8. The van der Waals surface area contributed by atoms with Crippen LogP contribution in [0.1, 0.15) is 10.4 Å². The van der Waals surface area contributed by atoms with Crippen molar-refractivity contribution in [2.45, 2.75) is 6.36 Å². The van der Waals surface area contributed by atoms with Gasteiger partial charge in [0.2, 0.25) is 11.0 Å². The first-order valence-electron chi connectivity index (χ1n) is 11.2. The van der Waals surface area contributed by atoms with Gasteiger partial charge in [-0.1, -0.05) is 11.3 Å². The average molecular weight is 557 g/mol. The number of ether oxygens (including phenoxy) is 1. The van der Waals surface area contributed by atoms with Crippen LogP contribution in [-0.2, 0) is 4.79 Å². The molecule has 38 heavy (non-hydrogen) atoms. The molecule has 3 aromatic rings. The van der Waals surface area contributed by atoms with Crippen LogP contribution in [0.15, 0.2) is 36.4 Å². The van der Waals surface area contributed by atoms with E-state index in [2.05, 4.69) is 30.5 Å². The molecule has 1 saturated heterocycles. The van der Waals surface area contributed by atoms with Gasteiger partial charge in [-0.3, -0.25) is 19.8 Å². The molecule has 1 fully saturated rings. The topological polar surface area (TPSA) is 99.7 Å². The molecule has 4 rings (SSSR count). The van der Waals surface area contributed by atoms with Crippen LogP contribution < -0.4 is 15.4 Å². The van der Waals surface area contributed by atoms with E-state index in [1.165, 1.54) is 0 Å². The Kier molecular flexibility index (Phi) is 8.18. The predicted octanol–water partition coefficient (Wildman–Crippen LogP) is 3.82. The maximum atomic E-state index is 14.0. The molecule has 15 heteroatoms. The Labute approximate surface area is 217 Å². The Balaban J connectivity index is 1.50. The molecule has 0 aliphatic carbocycles. The van der Waals surface area contributed by atoms with Crippen LogP contribution in [0.2, 0.25) is 0 Å². The number of alkyl halides is 3. The number of nitrogens with one attached hydrogen (secondary N) is 2. The lowest BCUT2D eigenvalue weighted by molar-refractivity contribution is -0.274. The van der Waals surface area contributed by atoms with E-state index in [9.17, 15) is 31.5 Å². The van der Waals surface area contributed by atoms with Gasteiger partial charge < -0.3 is 15.0 Å². The molecule has 2 amide bonds. The number of hydrogen-bond donors (Lipinski definition) is 2.